The Bertz CT molecular complexity index is 1480. The Labute approximate surface area is 213 Å². The second-order valence-corrected chi connectivity index (χ2v) is 9.46. The van der Waals surface area contributed by atoms with Gasteiger partial charge in [-0.1, -0.05) is 49.1 Å². The molecule has 1 aliphatic rings. The van der Waals surface area contributed by atoms with E-state index in [0.717, 1.165) is 55.9 Å². The summed E-state index contributed by atoms with van der Waals surface area (Å²) in [4.78, 5) is 19.7. The van der Waals surface area contributed by atoms with Crippen LogP contribution in [-0.2, 0) is 18.3 Å². The summed E-state index contributed by atoms with van der Waals surface area (Å²) in [5.74, 6) is 0.116. The standard InChI is InChI=1S/C31H34N4O/c1-20-18-23(22(3)34(5)6)12-14-25(20)24-13-15-26(29(19-24)32-4)21(2)31(36)17-16-28-27-10-8-9-11-30(27)35(7)33-28/h8-15,18-19H,3,16-17H2,1-2,4-7H3/b26-21+,32-29?. The maximum Gasteiger partial charge on any atom is 0.159 e. The Kier molecular flexibility index (Phi) is 7.20. The lowest BCUT2D eigenvalue weighted by molar-refractivity contribution is -0.115. The van der Waals surface area contributed by atoms with Crippen molar-refractivity contribution in [1.29, 1.82) is 0 Å². The van der Waals surface area contributed by atoms with Crippen molar-refractivity contribution in [1.82, 2.24) is 14.7 Å². The molecule has 1 aliphatic carbocycles. The average molecular weight is 479 g/mol. The van der Waals surface area contributed by atoms with Crippen molar-refractivity contribution in [3.63, 3.8) is 0 Å². The van der Waals surface area contributed by atoms with E-state index < -0.39 is 0 Å². The van der Waals surface area contributed by atoms with Gasteiger partial charge in [-0.05, 0) is 60.7 Å². The zero-order valence-electron chi connectivity index (χ0n) is 22.1. The fourth-order valence-electron chi connectivity index (χ4n) is 4.67. The third kappa shape index (κ3) is 4.87. The molecule has 0 bridgehead atoms. The van der Waals surface area contributed by atoms with Crippen molar-refractivity contribution in [3.8, 4) is 0 Å². The molecular formula is C31H34N4O. The third-order valence-electron chi connectivity index (χ3n) is 6.89. The molecule has 0 aliphatic heterocycles. The van der Waals surface area contributed by atoms with Crippen LogP contribution < -0.4 is 0 Å². The predicted octanol–water partition coefficient (Wildman–Crippen LogP) is 5.96. The number of aryl methyl sites for hydroxylation is 3. The molecule has 0 atom stereocenters. The quantitative estimate of drug-likeness (QED) is 0.394. The molecular weight excluding hydrogens is 444 g/mol. The number of carbonyl (C=O) groups is 1. The summed E-state index contributed by atoms with van der Waals surface area (Å²) < 4.78 is 1.88. The number of hydrogen-bond donors (Lipinski definition) is 0. The number of Topliss-reactive ketones (excluding diaryl/α,β-unsaturated/α-hetero) is 1. The van der Waals surface area contributed by atoms with Crippen LogP contribution in [0, 0.1) is 6.92 Å². The average Bonchev–Trinajstić information content (AvgIpc) is 3.21. The number of ketones is 1. The Morgan fingerprint density at radius 2 is 1.89 bits per heavy atom. The van der Waals surface area contributed by atoms with Crippen LogP contribution in [0.2, 0.25) is 0 Å². The van der Waals surface area contributed by atoms with E-state index in [1.165, 1.54) is 5.56 Å². The van der Waals surface area contributed by atoms with E-state index in [1.807, 2.05) is 55.9 Å². The second-order valence-electron chi connectivity index (χ2n) is 9.46. The molecule has 0 saturated heterocycles. The monoisotopic (exact) mass is 478 g/mol. The molecule has 0 unspecified atom stereocenters. The minimum Gasteiger partial charge on any atom is -0.378 e. The lowest BCUT2D eigenvalue weighted by Gasteiger charge is -2.19. The van der Waals surface area contributed by atoms with E-state index in [4.69, 9.17) is 0 Å². The molecule has 5 heteroatoms. The number of hydrogen-bond acceptors (Lipinski definition) is 4. The smallest absolute Gasteiger partial charge is 0.159 e. The Hall–Kier alpha value is -3.99. The van der Waals surface area contributed by atoms with Crippen LogP contribution >= 0.6 is 0 Å². The molecule has 0 radical (unpaired) electrons. The van der Waals surface area contributed by atoms with Crippen molar-refractivity contribution in [3.05, 3.63) is 101 Å². The van der Waals surface area contributed by atoms with Gasteiger partial charge in [0.2, 0.25) is 0 Å². The van der Waals surface area contributed by atoms with E-state index in [-0.39, 0.29) is 5.78 Å². The fraction of sp³-hybridized carbons (Fsp3) is 0.258. The molecule has 0 fully saturated rings. The van der Waals surface area contributed by atoms with E-state index >= 15 is 0 Å². The molecule has 5 nitrogen and oxygen atoms in total. The summed E-state index contributed by atoms with van der Waals surface area (Å²) in [6.45, 7) is 8.17. The molecule has 1 heterocycles. The van der Waals surface area contributed by atoms with Crippen molar-refractivity contribution in [2.24, 2.45) is 12.0 Å². The number of nitrogens with zero attached hydrogens (tertiary/aromatic N) is 4. The highest BCUT2D eigenvalue weighted by Gasteiger charge is 2.18. The molecule has 0 spiro atoms. The number of benzene rings is 2. The first-order chi connectivity index (χ1) is 17.2. The number of aromatic nitrogens is 2. The first-order valence-corrected chi connectivity index (χ1v) is 12.2. The van der Waals surface area contributed by atoms with Crippen LogP contribution in [0.3, 0.4) is 0 Å². The molecule has 3 aromatic rings. The number of carbonyl (C=O) groups excluding carboxylic acids is 1. The highest BCUT2D eigenvalue weighted by molar-refractivity contribution is 6.20. The number of fused-ring (bicyclic) bond motifs is 1. The van der Waals surface area contributed by atoms with Gasteiger partial charge >= 0.3 is 0 Å². The molecule has 1 aromatic heterocycles. The van der Waals surface area contributed by atoms with Crippen molar-refractivity contribution < 1.29 is 4.79 Å². The third-order valence-corrected chi connectivity index (χ3v) is 6.89. The summed E-state index contributed by atoms with van der Waals surface area (Å²) >= 11 is 0. The van der Waals surface area contributed by atoms with Crippen LogP contribution in [0.1, 0.15) is 35.7 Å². The summed E-state index contributed by atoms with van der Waals surface area (Å²) in [5, 5.41) is 5.74. The van der Waals surface area contributed by atoms with Gasteiger partial charge < -0.3 is 4.90 Å². The van der Waals surface area contributed by atoms with Gasteiger partial charge in [0.1, 0.15) is 0 Å². The number of rotatable bonds is 7. The normalized spacial score (nSPS) is 15.8. The summed E-state index contributed by atoms with van der Waals surface area (Å²) in [6, 6.07) is 14.5. The fourth-order valence-corrected chi connectivity index (χ4v) is 4.67. The van der Waals surface area contributed by atoms with Gasteiger partial charge in [-0.25, -0.2) is 0 Å². The van der Waals surface area contributed by atoms with Gasteiger partial charge in [-0.2, -0.15) is 5.10 Å². The zero-order chi connectivity index (χ0) is 26.0. The number of aliphatic imine (C=N–C) groups is 1. The summed E-state index contributed by atoms with van der Waals surface area (Å²) in [5.41, 5.74) is 9.96. The SMILES string of the molecule is C=C(c1ccc(C2=CC(=NC)/C(=C(\C)C(=O)CCc3nn(C)c4ccccc34)C=C2)c(C)c1)N(C)C. The van der Waals surface area contributed by atoms with Crippen LogP contribution in [0.4, 0.5) is 0 Å². The van der Waals surface area contributed by atoms with Crippen molar-refractivity contribution in [2.75, 3.05) is 21.1 Å². The molecule has 2 aromatic carbocycles. The van der Waals surface area contributed by atoms with Gasteiger partial charge in [-0.15, -0.1) is 0 Å². The van der Waals surface area contributed by atoms with Crippen LogP contribution in [-0.4, -0.2) is 47.3 Å². The Morgan fingerprint density at radius 1 is 1.14 bits per heavy atom. The van der Waals surface area contributed by atoms with E-state index in [1.54, 1.807) is 7.05 Å². The van der Waals surface area contributed by atoms with Gasteiger partial charge in [-0.3, -0.25) is 14.5 Å². The van der Waals surface area contributed by atoms with E-state index in [0.29, 0.717) is 12.8 Å². The lowest BCUT2D eigenvalue weighted by atomic mass is 9.89. The second kappa shape index (κ2) is 10.3. The van der Waals surface area contributed by atoms with Crippen LogP contribution in [0.15, 0.2) is 83.4 Å². The van der Waals surface area contributed by atoms with Crippen molar-refractivity contribution >= 4 is 33.7 Å². The van der Waals surface area contributed by atoms with Gasteiger partial charge in [0, 0.05) is 56.8 Å². The van der Waals surface area contributed by atoms with E-state index in [9.17, 15) is 4.79 Å². The molecule has 36 heavy (non-hydrogen) atoms. The minimum absolute atomic E-state index is 0.116. The first-order valence-electron chi connectivity index (χ1n) is 12.2. The molecule has 4 rings (SSSR count). The largest absolute Gasteiger partial charge is 0.378 e. The molecule has 0 saturated carbocycles. The Balaban J connectivity index is 1.54. The highest BCUT2D eigenvalue weighted by Crippen LogP contribution is 2.29. The zero-order valence-corrected chi connectivity index (χ0v) is 22.1. The van der Waals surface area contributed by atoms with Gasteiger partial charge in [0.25, 0.3) is 0 Å². The molecule has 184 valence electrons. The highest BCUT2D eigenvalue weighted by atomic mass is 16.1. The lowest BCUT2D eigenvalue weighted by Crippen LogP contribution is -2.12. The molecule has 0 amide bonds. The molecule has 0 N–H and O–H groups in total. The van der Waals surface area contributed by atoms with Crippen molar-refractivity contribution in [2.45, 2.75) is 26.7 Å². The number of para-hydroxylation sites is 1. The number of allylic oxidation sites excluding steroid dienone is 6. The van der Waals surface area contributed by atoms with E-state index in [2.05, 4.69) is 66.1 Å². The summed E-state index contributed by atoms with van der Waals surface area (Å²) in [6.07, 6.45) is 7.19. The maximum absolute atomic E-state index is 13.2. The first kappa shape index (κ1) is 25.1. The predicted molar refractivity (Wildman–Crippen MR) is 151 cm³/mol. The van der Waals surface area contributed by atoms with Crippen LogP contribution in [0.5, 0.6) is 0 Å². The Morgan fingerprint density at radius 3 is 2.58 bits per heavy atom. The maximum atomic E-state index is 13.2. The van der Waals surface area contributed by atoms with Gasteiger partial charge in [0.15, 0.2) is 5.78 Å². The topological polar surface area (TPSA) is 50.5 Å². The van der Waals surface area contributed by atoms with Gasteiger partial charge in [0.05, 0.1) is 16.9 Å². The van der Waals surface area contributed by atoms with Crippen LogP contribution in [0.25, 0.3) is 22.2 Å². The minimum atomic E-state index is 0.116. The summed E-state index contributed by atoms with van der Waals surface area (Å²) in [7, 11) is 7.71.